The van der Waals surface area contributed by atoms with E-state index in [0.29, 0.717) is 6.42 Å². The Kier molecular flexibility index (Phi) is 2.93. The number of hydrogen-bond donors (Lipinski definition) is 1. The van der Waals surface area contributed by atoms with Crippen LogP contribution in [-0.2, 0) is 20.8 Å². The van der Waals surface area contributed by atoms with Crippen molar-refractivity contribution in [2.75, 3.05) is 6.54 Å². The molecular formula is C16H21NO4. The highest BCUT2D eigenvalue weighted by Gasteiger charge is 2.65. The first-order valence-corrected chi connectivity index (χ1v) is 7.51. The van der Waals surface area contributed by atoms with E-state index < -0.39 is 17.7 Å². The van der Waals surface area contributed by atoms with Crippen molar-refractivity contribution >= 4 is 0 Å². The van der Waals surface area contributed by atoms with Crippen LogP contribution in [0.4, 0.5) is 0 Å². The monoisotopic (exact) mass is 291 g/mol. The van der Waals surface area contributed by atoms with Crippen LogP contribution in [0.1, 0.15) is 25.8 Å². The summed E-state index contributed by atoms with van der Waals surface area (Å²) >= 11 is 0. The Morgan fingerprint density at radius 3 is 2.71 bits per heavy atom. The minimum absolute atomic E-state index is 0.240. The first-order valence-electron chi connectivity index (χ1n) is 7.51. The molecule has 0 aliphatic carbocycles. The fraction of sp³-hybridized carbons (Fsp3) is 0.625. The molecule has 5 heteroatoms. The molecule has 0 amide bonds. The van der Waals surface area contributed by atoms with Crippen molar-refractivity contribution in [3.8, 4) is 0 Å². The van der Waals surface area contributed by atoms with Crippen molar-refractivity contribution in [2.45, 2.75) is 56.8 Å². The lowest BCUT2D eigenvalue weighted by molar-refractivity contribution is -0.313. The van der Waals surface area contributed by atoms with Crippen LogP contribution in [0.2, 0.25) is 0 Å². The van der Waals surface area contributed by atoms with Crippen LogP contribution in [0, 0.1) is 0 Å². The minimum atomic E-state index is -1.21. The second-order valence-electron chi connectivity index (χ2n) is 6.58. The van der Waals surface area contributed by atoms with Gasteiger partial charge in [0.2, 0.25) is 0 Å². The summed E-state index contributed by atoms with van der Waals surface area (Å²) in [6.45, 7) is 5.32. The number of likely N-dealkylation sites (tertiary alicyclic amines) is 1. The van der Waals surface area contributed by atoms with Crippen LogP contribution in [0.3, 0.4) is 0 Å². The van der Waals surface area contributed by atoms with Gasteiger partial charge in [0.15, 0.2) is 11.6 Å². The lowest BCUT2D eigenvalue weighted by atomic mass is 10.1. The molecule has 5 nitrogen and oxygen atoms in total. The van der Waals surface area contributed by atoms with Crippen molar-refractivity contribution in [1.82, 2.24) is 4.90 Å². The van der Waals surface area contributed by atoms with E-state index in [4.69, 9.17) is 14.2 Å². The van der Waals surface area contributed by atoms with Gasteiger partial charge in [-0.05, 0) is 19.4 Å². The Bertz CT molecular complexity index is 534. The fourth-order valence-electron chi connectivity index (χ4n) is 3.59. The SMILES string of the molecule is CC1(C)O[C@H]2[C@H]3O[C@@](O)(CCN3Cc3ccccc3)[C@H]2O1. The summed E-state index contributed by atoms with van der Waals surface area (Å²) in [5, 5.41) is 10.7. The molecule has 0 spiro atoms. The molecule has 0 saturated carbocycles. The van der Waals surface area contributed by atoms with E-state index in [-0.39, 0.29) is 12.3 Å². The molecule has 0 unspecified atom stereocenters. The summed E-state index contributed by atoms with van der Waals surface area (Å²) < 4.78 is 17.7. The van der Waals surface area contributed by atoms with E-state index in [1.165, 1.54) is 5.56 Å². The molecule has 3 aliphatic rings. The molecule has 3 saturated heterocycles. The third kappa shape index (κ3) is 2.20. The van der Waals surface area contributed by atoms with E-state index in [1.807, 2.05) is 32.0 Å². The molecule has 0 aromatic heterocycles. The largest absolute Gasteiger partial charge is 0.363 e. The number of hydrogen-bond acceptors (Lipinski definition) is 5. The standard InChI is InChI=1S/C16H21NO4/c1-15(2)19-12-13(20-15)16(18)8-9-17(14(12)21-16)10-11-6-4-3-5-7-11/h3-7,12-14,18H,8-10H2,1-2H3/t12-,13+,14-,16+/m1/s1. The zero-order chi connectivity index (χ0) is 14.7. The van der Waals surface area contributed by atoms with Gasteiger partial charge in [0.1, 0.15) is 18.4 Å². The van der Waals surface area contributed by atoms with Crippen LogP contribution < -0.4 is 0 Å². The number of fused-ring (bicyclic) bond motifs is 5. The molecule has 4 atom stereocenters. The van der Waals surface area contributed by atoms with E-state index in [9.17, 15) is 5.11 Å². The second-order valence-corrected chi connectivity index (χ2v) is 6.58. The van der Waals surface area contributed by atoms with Gasteiger partial charge in [0.25, 0.3) is 0 Å². The fourth-order valence-corrected chi connectivity index (χ4v) is 3.59. The third-order valence-electron chi connectivity index (χ3n) is 4.53. The topological polar surface area (TPSA) is 51.2 Å². The van der Waals surface area contributed by atoms with Gasteiger partial charge in [-0.3, -0.25) is 4.90 Å². The Morgan fingerprint density at radius 1 is 1.19 bits per heavy atom. The predicted octanol–water partition coefficient (Wildman–Crippen LogP) is 1.46. The Balaban J connectivity index is 1.57. The average molecular weight is 291 g/mol. The number of nitrogens with zero attached hydrogens (tertiary/aromatic N) is 1. The number of ether oxygens (including phenoxy) is 3. The molecule has 1 N–H and O–H groups in total. The molecule has 1 aromatic rings. The van der Waals surface area contributed by atoms with Gasteiger partial charge in [-0.15, -0.1) is 0 Å². The summed E-state index contributed by atoms with van der Waals surface area (Å²) in [5.41, 5.74) is 1.23. The molecule has 21 heavy (non-hydrogen) atoms. The Labute approximate surface area is 124 Å². The summed E-state index contributed by atoms with van der Waals surface area (Å²) in [4.78, 5) is 2.22. The summed E-state index contributed by atoms with van der Waals surface area (Å²) in [6, 6.07) is 10.3. The van der Waals surface area contributed by atoms with E-state index >= 15 is 0 Å². The summed E-state index contributed by atoms with van der Waals surface area (Å²) in [5.74, 6) is -1.88. The maximum atomic E-state index is 10.7. The van der Waals surface area contributed by atoms with Crippen molar-refractivity contribution in [3.63, 3.8) is 0 Å². The molecule has 3 heterocycles. The van der Waals surface area contributed by atoms with Crippen molar-refractivity contribution in [3.05, 3.63) is 35.9 Å². The zero-order valence-corrected chi connectivity index (χ0v) is 12.4. The van der Waals surface area contributed by atoms with Crippen LogP contribution in [-0.4, -0.2) is 46.6 Å². The van der Waals surface area contributed by atoms with Gasteiger partial charge in [0, 0.05) is 19.5 Å². The quantitative estimate of drug-likeness (QED) is 0.894. The Morgan fingerprint density at radius 2 is 1.95 bits per heavy atom. The zero-order valence-electron chi connectivity index (χ0n) is 12.4. The molecular weight excluding hydrogens is 270 g/mol. The van der Waals surface area contributed by atoms with Crippen molar-refractivity contribution in [1.29, 1.82) is 0 Å². The number of aliphatic hydroxyl groups is 1. The molecule has 3 fully saturated rings. The molecule has 4 rings (SSSR count). The molecule has 1 aromatic carbocycles. The third-order valence-corrected chi connectivity index (χ3v) is 4.53. The first kappa shape index (κ1) is 13.7. The van der Waals surface area contributed by atoms with Gasteiger partial charge >= 0.3 is 0 Å². The number of rotatable bonds is 2. The van der Waals surface area contributed by atoms with E-state index in [1.54, 1.807) is 0 Å². The van der Waals surface area contributed by atoms with Crippen LogP contribution >= 0.6 is 0 Å². The van der Waals surface area contributed by atoms with Crippen LogP contribution in [0.15, 0.2) is 30.3 Å². The smallest absolute Gasteiger partial charge is 0.198 e. The van der Waals surface area contributed by atoms with E-state index in [0.717, 1.165) is 13.1 Å². The van der Waals surface area contributed by atoms with Gasteiger partial charge in [-0.2, -0.15) is 0 Å². The average Bonchev–Trinajstić information content (AvgIpc) is 2.87. The maximum absolute atomic E-state index is 10.7. The van der Waals surface area contributed by atoms with Crippen molar-refractivity contribution in [2.24, 2.45) is 0 Å². The van der Waals surface area contributed by atoms with Crippen LogP contribution in [0.25, 0.3) is 0 Å². The molecule has 3 aliphatic heterocycles. The summed E-state index contributed by atoms with van der Waals surface area (Å²) in [6.07, 6.45) is -0.359. The van der Waals surface area contributed by atoms with Gasteiger partial charge in [-0.1, -0.05) is 30.3 Å². The molecule has 114 valence electrons. The summed E-state index contributed by atoms with van der Waals surface area (Å²) in [7, 11) is 0. The lowest BCUT2D eigenvalue weighted by Gasteiger charge is -2.39. The second kappa shape index (κ2) is 4.51. The predicted molar refractivity (Wildman–Crippen MR) is 75.1 cm³/mol. The lowest BCUT2D eigenvalue weighted by Crippen LogP contribution is -2.51. The highest BCUT2D eigenvalue weighted by atomic mass is 16.8. The number of benzene rings is 1. The Hall–Kier alpha value is -0.980. The van der Waals surface area contributed by atoms with Gasteiger partial charge in [0.05, 0.1) is 0 Å². The molecule has 2 bridgehead atoms. The van der Waals surface area contributed by atoms with Gasteiger partial charge < -0.3 is 19.3 Å². The minimum Gasteiger partial charge on any atom is -0.363 e. The maximum Gasteiger partial charge on any atom is 0.198 e. The first-order chi connectivity index (χ1) is 9.97. The van der Waals surface area contributed by atoms with Crippen molar-refractivity contribution < 1.29 is 19.3 Å². The highest BCUT2D eigenvalue weighted by molar-refractivity contribution is 5.15. The van der Waals surface area contributed by atoms with Crippen LogP contribution in [0.5, 0.6) is 0 Å². The highest BCUT2D eigenvalue weighted by Crippen LogP contribution is 2.48. The van der Waals surface area contributed by atoms with E-state index in [2.05, 4.69) is 17.0 Å². The normalized spacial score (nSPS) is 41.2. The molecule has 0 radical (unpaired) electrons. The van der Waals surface area contributed by atoms with Gasteiger partial charge in [-0.25, -0.2) is 0 Å².